The molecule has 0 spiro atoms. The van der Waals surface area contributed by atoms with Gasteiger partial charge in [-0.15, -0.1) is 0 Å². The van der Waals surface area contributed by atoms with Gasteiger partial charge in [-0.25, -0.2) is 14.8 Å². The first-order chi connectivity index (χ1) is 9.79. The van der Waals surface area contributed by atoms with Gasteiger partial charge in [-0.3, -0.25) is 0 Å². The molecule has 1 aliphatic carbocycles. The Kier molecular flexibility index (Phi) is 4.34. The highest BCUT2D eigenvalue weighted by molar-refractivity contribution is 5.84. The largest absolute Gasteiger partial charge is 0.476 e. The molecular weight excluding hydrogens is 287 g/mol. The Morgan fingerprint density at radius 2 is 1.86 bits per heavy atom. The van der Waals surface area contributed by atoms with Crippen LogP contribution in [0.25, 0.3) is 0 Å². The monoisotopic (exact) mass is 303 g/mol. The minimum absolute atomic E-state index is 0.0337. The number of rotatable bonds is 3. The lowest BCUT2D eigenvalue weighted by molar-refractivity contribution is -0.182. The van der Waals surface area contributed by atoms with Crippen LogP contribution in [0.5, 0.6) is 0 Å². The van der Waals surface area contributed by atoms with E-state index in [-0.39, 0.29) is 24.6 Å². The van der Waals surface area contributed by atoms with E-state index < -0.39 is 18.1 Å². The van der Waals surface area contributed by atoms with Crippen LogP contribution in [0.4, 0.5) is 19.0 Å². The molecule has 0 atom stereocenters. The van der Waals surface area contributed by atoms with E-state index in [2.05, 4.69) is 9.97 Å². The Labute approximate surface area is 119 Å². The van der Waals surface area contributed by atoms with Crippen LogP contribution in [0.2, 0.25) is 0 Å². The van der Waals surface area contributed by atoms with Gasteiger partial charge in [0.2, 0.25) is 0 Å². The number of halogens is 3. The molecule has 1 heterocycles. The molecule has 0 bridgehead atoms. The van der Waals surface area contributed by atoms with Gasteiger partial charge < -0.3 is 10.0 Å². The quantitative estimate of drug-likeness (QED) is 0.930. The maximum atomic E-state index is 12.6. The van der Waals surface area contributed by atoms with Crippen LogP contribution in [-0.2, 0) is 0 Å². The molecule has 116 valence electrons. The summed E-state index contributed by atoms with van der Waals surface area (Å²) in [5, 5.41) is 8.75. The summed E-state index contributed by atoms with van der Waals surface area (Å²) in [6, 6.07) is -0.0337. The molecule has 1 saturated carbocycles. The Morgan fingerprint density at radius 3 is 2.29 bits per heavy atom. The van der Waals surface area contributed by atoms with E-state index >= 15 is 0 Å². The van der Waals surface area contributed by atoms with E-state index in [1.54, 1.807) is 11.9 Å². The first-order valence-corrected chi connectivity index (χ1v) is 6.64. The van der Waals surface area contributed by atoms with Gasteiger partial charge in [0.1, 0.15) is 5.82 Å². The van der Waals surface area contributed by atoms with Crippen LogP contribution in [0.1, 0.15) is 36.2 Å². The average molecular weight is 303 g/mol. The zero-order chi connectivity index (χ0) is 15.6. The number of alkyl halides is 3. The summed E-state index contributed by atoms with van der Waals surface area (Å²) >= 11 is 0. The van der Waals surface area contributed by atoms with Crippen LogP contribution in [0, 0.1) is 5.92 Å². The summed E-state index contributed by atoms with van der Waals surface area (Å²) in [6.07, 6.45) is -0.550. The first-order valence-electron chi connectivity index (χ1n) is 6.64. The molecule has 1 N–H and O–H groups in total. The molecule has 1 aromatic heterocycles. The van der Waals surface area contributed by atoms with Crippen LogP contribution in [0.15, 0.2) is 12.4 Å². The zero-order valence-electron chi connectivity index (χ0n) is 11.5. The number of hydrogen-bond donors (Lipinski definition) is 1. The van der Waals surface area contributed by atoms with Crippen molar-refractivity contribution in [1.29, 1.82) is 0 Å². The van der Waals surface area contributed by atoms with E-state index in [0.717, 1.165) is 6.20 Å². The third-order valence-electron chi connectivity index (χ3n) is 3.93. The Hall–Kier alpha value is -1.86. The summed E-state index contributed by atoms with van der Waals surface area (Å²) in [7, 11) is 1.74. The summed E-state index contributed by atoms with van der Waals surface area (Å²) in [6.45, 7) is 0. The molecule has 1 fully saturated rings. The Balaban J connectivity index is 1.98. The second kappa shape index (κ2) is 5.87. The Bertz CT molecular complexity index is 496. The highest BCUT2D eigenvalue weighted by atomic mass is 19.4. The lowest BCUT2D eigenvalue weighted by Gasteiger charge is -2.35. The number of carboxylic acids is 1. The summed E-state index contributed by atoms with van der Waals surface area (Å²) in [5.41, 5.74) is -0.159. The van der Waals surface area contributed by atoms with Crippen molar-refractivity contribution < 1.29 is 23.1 Å². The number of carbonyl (C=O) groups is 1. The fourth-order valence-corrected chi connectivity index (χ4v) is 2.59. The minimum atomic E-state index is -4.12. The van der Waals surface area contributed by atoms with Crippen molar-refractivity contribution in [2.45, 2.75) is 37.9 Å². The van der Waals surface area contributed by atoms with Crippen molar-refractivity contribution in [2.24, 2.45) is 5.92 Å². The normalized spacial score (nSPS) is 22.9. The van der Waals surface area contributed by atoms with Crippen LogP contribution >= 0.6 is 0 Å². The third kappa shape index (κ3) is 3.62. The molecular formula is C13H16F3N3O2. The smallest absolute Gasteiger partial charge is 0.391 e. The van der Waals surface area contributed by atoms with Crippen molar-refractivity contribution in [3.05, 3.63) is 18.1 Å². The van der Waals surface area contributed by atoms with Crippen LogP contribution < -0.4 is 4.90 Å². The van der Waals surface area contributed by atoms with Gasteiger partial charge in [-0.1, -0.05) is 0 Å². The molecule has 8 heteroatoms. The van der Waals surface area contributed by atoms with Crippen LogP contribution in [-0.4, -0.2) is 40.3 Å². The highest BCUT2D eigenvalue weighted by Crippen LogP contribution is 2.38. The molecule has 2 rings (SSSR count). The molecule has 0 amide bonds. The second-order valence-corrected chi connectivity index (χ2v) is 5.22. The highest BCUT2D eigenvalue weighted by Gasteiger charge is 2.42. The molecule has 0 aromatic carbocycles. The van der Waals surface area contributed by atoms with Crippen LogP contribution in [0.3, 0.4) is 0 Å². The zero-order valence-corrected chi connectivity index (χ0v) is 11.5. The number of aromatic nitrogens is 2. The van der Waals surface area contributed by atoms with Gasteiger partial charge in [-0.2, -0.15) is 13.2 Å². The lowest BCUT2D eigenvalue weighted by atomic mass is 9.85. The van der Waals surface area contributed by atoms with E-state index in [1.807, 2.05) is 0 Å². The van der Waals surface area contributed by atoms with Gasteiger partial charge in [0.05, 0.1) is 18.3 Å². The number of aromatic carboxylic acids is 1. The molecule has 0 aliphatic heterocycles. The van der Waals surface area contributed by atoms with E-state index in [0.29, 0.717) is 18.7 Å². The van der Waals surface area contributed by atoms with Gasteiger partial charge in [0.25, 0.3) is 0 Å². The van der Waals surface area contributed by atoms with Crippen molar-refractivity contribution in [2.75, 3.05) is 11.9 Å². The van der Waals surface area contributed by atoms with Gasteiger partial charge >= 0.3 is 12.1 Å². The molecule has 5 nitrogen and oxygen atoms in total. The summed E-state index contributed by atoms with van der Waals surface area (Å²) < 4.78 is 37.9. The predicted octanol–water partition coefficient (Wildman–Crippen LogP) is 2.73. The fourth-order valence-electron chi connectivity index (χ4n) is 2.59. The topological polar surface area (TPSA) is 66.3 Å². The van der Waals surface area contributed by atoms with Crippen molar-refractivity contribution >= 4 is 11.8 Å². The first kappa shape index (κ1) is 15.5. The molecule has 0 radical (unpaired) electrons. The maximum absolute atomic E-state index is 12.6. The Morgan fingerprint density at radius 1 is 1.24 bits per heavy atom. The second-order valence-electron chi connectivity index (χ2n) is 5.22. The number of anilines is 1. The van der Waals surface area contributed by atoms with Gasteiger partial charge in [0.15, 0.2) is 5.69 Å². The number of nitrogens with zero attached hydrogens (tertiary/aromatic N) is 3. The van der Waals surface area contributed by atoms with Gasteiger partial charge in [-0.05, 0) is 25.7 Å². The fraction of sp³-hybridized carbons (Fsp3) is 0.615. The summed E-state index contributed by atoms with van der Waals surface area (Å²) in [4.78, 5) is 20.2. The molecule has 1 aromatic rings. The standard InChI is InChI=1S/C13H16F3N3O2/c1-19(11-7-17-10(6-18-11)12(20)21)9-4-2-8(3-5-9)13(14,15)16/h6-9H,2-5H2,1H3,(H,20,21). The number of carboxylic acid groups (broad SMARTS) is 1. The lowest BCUT2D eigenvalue weighted by Crippen LogP contribution is -2.38. The van der Waals surface area contributed by atoms with Crippen molar-refractivity contribution in [3.63, 3.8) is 0 Å². The third-order valence-corrected chi connectivity index (χ3v) is 3.93. The molecule has 0 unspecified atom stereocenters. The van der Waals surface area contributed by atoms with E-state index in [9.17, 15) is 18.0 Å². The van der Waals surface area contributed by atoms with Gasteiger partial charge in [0, 0.05) is 13.1 Å². The minimum Gasteiger partial charge on any atom is -0.476 e. The average Bonchev–Trinajstić information content (AvgIpc) is 2.46. The van der Waals surface area contributed by atoms with Crippen molar-refractivity contribution in [3.8, 4) is 0 Å². The van der Waals surface area contributed by atoms with Crippen molar-refractivity contribution in [1.82, 2.24) is 9.97 Å². The van der Waals surface area contributed by atoms with E-state index in [4.69, 9.17) is 5.11 Å². The predicted molar refractivity (Wildman–Crippen MR) is 69.2 cm³/mol. The molecule has 21 heavy (non-hydrogen) atoms. The number of hydrogen-bond acceptors (Lipinski definition) is 4. The molecule has 0 saturated heterocycles. The maximum Gasteiger partial charge on any atom is 0.391 e. The SMILES string of the molecule is CN(c1cnc(C(=O)O)cn1)C1CCC(C(F)(F)F)CC1. The summed E-state index contributed by atoms with van der Waals surface area (Å²) in [5.74, 6) is -1.92. The molecule has 1 aliphatic rings. The van der Waals surface area contributed by atoms with E-state index in [1.165, 1.54) is 6.20 Å².